The van der Waals surface area contributed by atoms with Gasteiger partial charge in [-0.25, -0.2) is 0 Å². The number of nitrogens with zero attached hydrogens (tertiary/aromatic N) is 3. The van der Waals surface area contributed by atoms with Crippen LogP contribution in [0.2, 0.25) is 0 Å². The SMILES string of the molecule is CNc1ccc(C(=O)N2CCC3CCCCC3C2)nn1. The van der Waals surface area contributed by atoms with Crippen LogP contribution in [0, 0.1) is 11.8 Å². The number of aromatic nitrogens is 2. The Morgan fingerprint density at radius 3 is 2.70 bits per heavy atom. The third-order valence-corrected chi connectivity index (χ3v) is 4.72. The molecule has 2 aliphatic rings. The van der Waals surface area contributed by atoms with E-state index in [1.807, 2.05) is 4.90 Å². The summed E-state index contributed by atoms with van der Waals surface area (Å²) in [5.74, 6) is 2.26. The molecule has 1 N–H and O–H groups in total. The lowest BCUT2D eigenvalue weighted by atomic mass is 9.75. The first-order valence-electron chi connectivity index (χ1n) is 7.58. The number of hydrogen-bond donors (Lipinski definition) is 1. The average molecular weight is 274 g/mol. The summed E-state index contributed by atoms with van der Waals surface area (Å²) >= 11 is 0. The van der Waals surface area contributed by atoms with Crippen molar-refractivity contribution < 1.29 is 4.79 Å². The number of likely N-dealkylation sites (tertiary alicyclic amines) is 1. The molecule has 2 atom stereocenters. The van der Waals surface area contributed by atoms with Crippen LogP contribution in [0.5, 0.6) is 0 Å². The zero-order valence-electron chi connectivity index (χ0n) is 12.0. The maximum Gasteiger partial charge on any atom is 0.274 e. The van der Waals surface area contributed by atoms with Gasteiger partial charge in [-0.2, -0.15) is 0 Å². The van der Waals surface area contributed by atoms with E-state index < -0.39 is 0 Å². The fourth-order valence-electron chi connectivity index (χ4n) is 3.53. The van der Waals surface area contributed by atoms with Gasteiger partial charge in [0.1, 0.15) is 5.82 Å². The van der Waals surface area contributed by atoms with Crippen LogP contribution in [-0.4, -0.2) is 41.1 Å². The fourth-order valence-corrected chi connectivity index (χ4v) is 3.53. The second-order valence-electron chi connectivity index (χ2n) is 5.90. The molecule has 108 valence electrons. The maximum atomic E-state index is 12.5. The number of carbonyl (C=O) groups excluding carboxylic acids is 1. The Morgan fingerprint density at radius 1 is 1.20 bits per heavy atom. The lowest BCUT2D eigenvalue weighted by Crippen LogP contribution is -2.45. The molecule has 0 aromatic carbocycles. The first-order chi connectivity index (χ1) is 9.78. The van der Waals surface area contributed by atoms with Gasteiger partial charge >= 0.3 is 0 Å². The highest BCUT2D eigenvalue weighted by molar-refractivity contribution is 5.92. The first-order valence-corrected chi connectivity index (χ1v) is 7.58. The number of nitrogens with one attached hydrogen (secondary N) is 1. The second-order valence-corrected chi connectivity index (χ2v) is 5.90. The van der Waals surface area contributed by atoms with Crippen molar-refractivity contribution in [3.05, 3.63) is 17.8 Å². The highest BCUT2D eigenvalue weighted by Crippen LogP contribution is 2.36. The average Bonchev–Trinajstić information content (AvgIpc) is 2.54. The molecule has 1 saturated heterocycles. The van der Waals surface area contributed by atoms with E-state index in [-0.39, 0.29) is 5.91 Å². The van der Waals surface area contributed by atoms with E-state index in [0.29, 0.717) is 17.4 Å². The molecule has 1 aromatic heterocycles. The Morgan fingerprint density at radius 2 is 2.00 bits per heavy atom. The number of fused-ring (bicyclic) bond motifs is 1. The standard InChI is InChI=1S/C15H22N4O/c1-16-14-7-6-13(17-18-14)15(20)19-9-8-11-4-2-3-5-12(11)10-19/h6-7,11-12H,2-5,8-10H2,1H3,(H,16,18). The van der Waals surface area contributed by atoms with E-state index in [1.165, 1.54) is 25.7 Å². The first kappa shape index (κ1) is 13.3. The predicted molar refractivity (Wildman–Crippen MR) is 77.5 cm³/mol. The number of hydrogen-bond acceptors (Lipinski definition) is 4. The monoisotopic (exact) mass is 274 g/mol. The van der Waals surface area contributed by atoms with Gasteiger partial charge < -0.3 is 10.2 Å². The van der Waals surface area contributed by atoms with Crippen LogP contribution in [-0.2, 0) is 0 Å². The van der Waals surface area contributed by atoms with Gasteiger partial charge in [0.15, 0.2) is 5.69 Å². The van der Waals surface area contributed by atoms with Gasteiger partial charge in [-0.3, -0.25) is 4.79 Å². The number of anilines is 1. The summed E-state index contributed by atoms with van der Waals surface area (Å²) in [6.07, 6.45) is 6.46. The summed E-state index contributed by atoms with van der Waals surface area (Å²) in [5, 5.41) is 10.9. The van der Waals surface area contributed by atoms with Crippen molar-refractivity contribution in [2.45, 2.75) is 32.1 Å². The van der Waals surface area contributed by atoms with Crippen LogP contribution in [0.15, 0.2) is 12.1 Å². The summed E-state index contributed by atoms with van der Waals surface area (Å²) in [5.41, 5.74) is 0.457. The van der Waals surface area contributed by atoms with Gasteiger partial charge in [0.25, 0.3) is 5.91 Å². The molecule has 20 heavy (non-hydrogen) atoms. The highest BCUT2D eigenvalue weighted by Gasteiger charge is 2.33. The van der Waals surface area contributed by atoms with E-state index in [0.717, 1.165) is 25.4 Å². The van der Waals surface area contributed by atoms with E-state index >= 15 is 0 Å². The lowest BCUT2D eigenvalue weighted by molar-refractivity contribution is 0.0514. The van der Waals surface area contributed by atoms with Crippen molar-refractivity contribution >= 4 is 11.7 Å². The van der Waals surface area contributed by atoms with Crippen molar-refractivity contribution in [2.75, 3.05) is 25.5 Å². The molecule has 1 amide bonds. The molecule has 1 saturated carbocycles. The number of carbonyl (C=O) groups is 1. The molecular formula is C15H22N4O. The van der Waals surface area contributed by atoms with Gasteiger partial charge in [-0.15, -0.1) is 10.2 Å². The second kappa shape index (κ2) is 5.77. The molecule has 2 heterocycles. The van der Waals surface area contributed by atoms with Gasteiger partial charge in [0, 0.05) is 20.1 Å². The molecule has 1 aromatic rings. The van der Waals surface area contributed by atoms with E-state index in [1.54, 1.807) is 19.2 Å². The van der Waals surface area contributed by atoms with Crippen LogP contribution in [0.25, 0.3) is 0 Å². The fraction of sp³-hybridized carbons (Fsp3) is 0.667. The predicted octanol–water partition coefficient (Wildman–Crippen LogP) is 2.17. The number of piperidine rings is 1. The maximum absolute atomic E-state index is 12.5. The van der Waals surface area contributed by atoms with Crippen molar-refractivity contribution in [3.63, 3.8) is 0 Å². The zero-order chi connectivity index (χ0) is 13.9. The molecule has 0 spiro atoms. The summed E-state index contributed by atoms with van der Waals surface area (Å²) in [6.45, 7) is 1.77. The number of amides is 1. The van der Waals surface area contributed by atoms with Crippen molar-refractivity contribution in [2.24, 2.45) is 11.8 Å². The third-order valence-electron chi connectivity index (χ3n) is 4.72. The molecular weight excluding hydrogens is 252 g/mol. The molecule has 1 aliphatic heterocycles. The van der Waals surface area contributed by atoms with Crippen molar-refractivity contribution in [1.82, 2.24) is 15.1 Å². The summed E-state index contributed by atoms with van der Waals surface area (Å²) in [4.78, 5) is 14.4. The topological polar surface area (TPSA) is 58.1 Å². The largest absolute Gasteiger partial charge is 0.372 e. The molecule has 0 radical (unpaired) electrons. The Hall–Kier alpha value is -1.65. The van der Waals surface area contributed by atoms with E-state index in [4.69, 9.17) is 0 Å². The summed E-state index contributed by atoms with van der Waals surface area (Å²) in [7, 11) is 1.79. The van der Waals surface area contributed by atoms with Gasteiger partial charge in [-0.05, 0) is 36.8 Å². The third kappa shape index (κ3) is 2.62. The molecule has 1 aliphatic carbocycles. The summed E-state index contributed by atoms with van der Waals surface area (Å²) < 4.78 is 0. The zero-order valence-corrected chi connectivity index (χ0v) is 12.0. The molecule has 2 fully saturated rings. The Kier molecular flexibility index (Phi) is 3.85. The molecule has 2 unspecified atom stereocenters. The highest BCUT2D eigenvalue weighted by atomic mass is 16.2. The van der Waals surface area contributed by atoms with Crippen molar-refractivity contribution in [3.8, 4) is 0 Å². The Balaban J connectivity index is 1.67. The lowest BCUT2D eigenvalue weighted by Gasteiger charge is -2.41. The smallest absolute Gasteiger partial charge is 0.274 e. The summed E-state index contributed by atoms with van der Waals surface area (Å²) in [6, 6.07) is 3.56. The van der Waals surface area contributed by atoms with E-state index in [9.17, 15) is 4.79 Å². The molecule has 0 bridgehead atoms. The number of rotatable bonds is 2. The van der Waals surface area contributed by atoms with Crippen LogP contribution in [0.3, 0.4) is 0 Å². The Bertz CT molecular complexity index is 473. The minimum atomic E-state index is 0.0316. The quantitative estimate of drug-likeness (QED) is 0.898. The van der Waals surface area contributed by atoms with Crippen LogP contribution < -0.4 is 5.32 Å². The minimum Gasteiger partial charge on any atom is -0.372 e. The molecule has 3 rings (SSSR count). The molecule has 5 heteroatoms. The molecule has 5 nitrogen and oxygen atoms in total. The van der Waals surface area contributed by atoms with Crippen molar-refractivity contribution in [1.29, 1.82) is 0 Å². The van der Waals surface area contributed by atoms with Crippen LogP contribution in [0.4, 0.5) is 5.82 Å². The van der Waals surface area contributed by atoms with E-state index in [2.05, 4.69) is 15.5 Å². The van der Waals surface area contributed by atoms with Gasteiger partial charge in [0.05, 0.1) is 0 Å². The van der Waals surface area contributed by atoms with Crippen LogP contribution >= 0.6 is 0 Å². The van der Waals surface area contributed by atoms with Gasteiger partial charge in [0.2, 0.25) is 0 Å². The Labute approximate surface area is 119 Å². The van der Waals surface area contributed by atoms with Gasteiger partial charge in [-0.1, -0.05) is 19.3 Å². The van der Waals surface area contributed by atoms with Crippen LogP contribution in [0.1, 0.15) is 42.6 Å². The minimum absolute atomic E-state index is 0.0316. The normalized spacial score (nSPS) is 25.9.